The first kappa shape index (κ1) is 32.3. The lowest BCUT2D eigenvalue weighted by Gasteiger charge is -2.34. The highest BCUT2D eigenvalue weighted by atomic mass is 28.3. The Morgan fingerprint density at radius 2 is 1.02 bits per heavy atom. The van der Waals surface area contributed by atoms with Crippen molar-refractivity contribution in [3.05, 3.63) is 108 Å². The Bertz CT molecular complexity index is 1510. The molecule has 2 heterocycles. The van der Waals surface area contributed by atoms with E-state index in [0.29, 0.717) is 0 Å². The van der Waals surface area contributed by atoms with Crippen LogP contribution in [-0.2, 0) is 18.6 Å². The molecule has 0 spiro atoms. The molecule has 2 aliphatic heterocycles. The minimum absolute atomic E-state index is 0.413. The van der Waals surface area contributed by atoms with E-state index in [-0.39, 0.29) is 0 Å². The van der Waals surface area contributed by atoms with E-state index < -0.39 is 44.7 Å². The summed E-state index contributed by atoms with van der Waals surface area (Å²) in [4.78, 5) is 0. The highest BCUT2D eigenvalue weighted by Gasteiger charge is 2.53. The smallest absolute Gasteiger partial charge is 0.400 e. The van der Waals surface area contributed by atoms with Crippen molar-refractivity contribution in [2.45, 2.75) is 84.7 Å². The molecule has 0 N–H and O–H groups in total. The molecule has 0 bridgehead atoms. The number of rotatable bonds is 7. The maximum Gasteiger partial charge on any atom is 0.494 e. The topological polar surface area (TPSA) is 36.9 Å². The van der Waals surface area contributed by atoms with Crippen LogP contribution in [0.4, 0.5) is 0 Å². The molecule has 2 fully saturated rings. The summed E-state index contributed by atoms with van der Waals surface area (Å²) in [7, 11) is -3.80. The Labute approximate surface area is 266 Å². The van der Waals surface area contributed by atoms with E-state index in [2.05, 4.69) is 158 Å². The fourth-order valence-corrected chi connectivity index (χ4v) is 10.4. The standard InChI is InChI=1S/C37H44B2O4Si/c1-11-30(25-22-28(2)38-40-34(3,4)35(5,6)41-38)44(31-18-14-12-15-19-31,32-20-16-13-17-21-32)33-26-23-29(24-27-33)39-42-36(7,8)37(9,10)43-39/h1,12-27H,2-10H3. The van der Waals surface area contributed by atoms with Crippen LogP contribution in [0.3, 0.4) is 0 Å². The zero-order valence-electron chi connectivity index (χ0n) is 27.6. The van der Waals surface area contributed by atoms with Crippen LogP contribution < -0.4 is 21.0 Å². The summed E-state index contributed by atoms with van der Waals surface area (Å²) in [5.41, 5.74) is 0.289. The summed E-state index contributed by atoms with van der Waals surface area (Å²) in [6, 6.07) is 30.0. The Morgan fingerprint density at radius 3 is 1.45 bits per heavy atom. The van der Waals surface area contributed by atoms with Gasteiger partial charge in [0.15, 0.2) is 8.07 Å². The zero-order valence-corrected chi connectivity index (χ0v) is 28.6. The van der Waals surface area contributed by atoms with Crippen molar-refractivity contribution in [2.24, 2.45) is 0 Å². The molecule has 0 amide bonds. The molecule has 0 radical (unpaired) electrons. The number of hydrogen-bond acceptors (Lipinski definition) is 4. The highest BCUT2D eigenvalue weighted by Crippen LogP contribution is 2.39. The van der Waals surface area contributed by atoms with Gasteiger partial charge in [-0.05, 0) is 88.8 Å². The molecule has 0 unspecified atom stereocenters. The van der Waals surface area contributed by atoms with Crippen LogP contribution in [0.5, 0.6) is 0 Å². The van der Waals surface area contributed by atoms with Crippen molar-refractivity contribution in [1.29, 1.82) is 0 Å². The Kier molecular flexibility index (Phi) is 8.56. The first-order valence-electron chi connectivity index (χ1n) is 15.4. The normalized spacial score (nSPS) is 20.9. The quantitative estimate of drug-likeness (QED) is 0.163. The van der Waals surface area contributed by atoms with Gasteiger partial charge in [0.2, 0.25) is 0 Å². The van der Waals surface area contributed by atoms with Crippen LogP contribution >= 0.6 is 0 Å². The lowest BCUT2D eigenvalue weighted by molar-refractivity contribution is 0.00578. The number of allylic oxidation sites excluding steroid dienone is 4. The monoisotopic (exact) mass is 602 g/mol. The molecule has 4 nitrogen and oxygen atoms in total. The average Bonchev–Trinajstić information content (AvgIpc) is 3.35. The molecule has 3 aromatic rings. The second kappa shape index (κ2) is 11.7. The van der Waals surface area contributed by atoms with Gasteiger partial charge in [0.25, 0.3) is 0 Å². The van der Waals surface area contributed by atoms with Crippen molar-refractivity contribution in [3.63, 3.8) is 0 Å². The Hall–Kier alpha value is -3.11. The van der Waals surface area contributed by atoms with E-state index in [0.717, 1.165) is 16.1 Å². The second-order valence-electron chi connectivity index (χ2n) is 13.9. The van der Waals surface area contributed by atoms with Gasteiger partial charge < -0.3 is 18.6 Å². The summed E-state index contributed by atoms with van der Waals surface area (Å²) in [6.07, 6.45) is 10.6. The van der Waals surface area contributed by atoms with Crippen LogP contribution in [0.25, 0.3) is 0 Å². The number of hydrogen-bond donors (Lipinski definition) is 0. The van der Waals surface area contributed by atoms with E-state index in [1.54, 1.807) is 0 Å². The Morgan fingerprint density at radius 1 is 0.614 bits per heavy atom. The van der Waals surface area contributed by atoms with Crippen LogP contribution in [0.2, 0.25) is 0 Å². The summed E-state index contributed by atoms with van der Waals surface area (Å²) in [5.74, 6) is 3.16. The molecular weight excluding hydrogens is 558 g/mol. The molecule has 0 saturated carbocycles. The molecule has 226 valence electrons. The molecular formula is C37H44B2O4Si. The van der Waals surface area contributed by atoms with E-state index in [1.807, 2.05) is 6.92 Å². The third-order valence-electron chi connectivity index (χ3n) is 9.98. The molecule has 44 heavy (non-hydrogen) atoms. The van der Waals surface area contributed by atoms with Gasteiger partial charge in [-0.25, -0.2) is 0 Å². The van der Waals surface area contributed by atoms with E-state index in [1.165, 1.54) is 15.6 Å². The summed E-state index contributed by atoms with van der Waals surface area (Å²) < 4.78 is 25.4. The van der Waals surface area contributed by atoms with Gasteiger partial charge in [-0.3, -0.25) is 0 Å². The van der Waals surface area contributed by atoms with Crippen molar-refractivity contribution < 1.29 is 18.6 Å². The van der Waals surface area contributed by atoms with Crippen LogP contribution in [0.1, 0.15) is 62.3 Å². The lowest BCUT2D eigenvalue weighted by atomic mass is 9.79. The van der Waals surface area contributed by atoms with Gasteiger partial charge in [0.1, 0.15) is 0 Å². The van der Waals surface area contributed by atoms with Gasteiger partial charge in [-0.1, -0.05) is 103 Å². The summed E-state index contributed by atoms with van der Waals surface area (Å²) in [6.45, 7) is 18.6. The molecule has 0 atom stereocenters. The van der Waals surface area contributed by atoms with E-state index in [9.17, 15) is 0 Å². The molecule has 5 rings (SSSR count). The Balaban J connectivity index is 1.65. The van der Waals surface area contributed by atoms with Gasteiger partial charge in [0, 0.05) is 5.20 Å². The van der Waals surface area contributed by atoms with Crippen molar-refractivity contribution in [2.75, 3.05) is 0 Å². The van der Waals surface area contributed by atoms with Gasteiger partial charge in [0.05, 0.1) is 22.4 Å². The van der Waals surface area contributed by atoms with Crippen LogP contribution in [0.15, 0.2) is 108 Å². The minimum Gasteiger partial charge on any atom is -0.400 e. The highest BCUT2D eigenvalue weighted by molar-refractivity contribution is 7.16. The lowest BCUT2D eigenvalue weighted by Crippen LogP contribution is -2.68. The first-order valence-corrected chi connectivity index (χ1v) is 17.4. The number of terminal acetylenes is 1. The van der Waals surface area contributed by atoms with Gasteiger partial charge >= 0.3 is 14.2 Å². The molecule has 2 saturated heterocycles. The molecule has 3 aromatic carbocycles. The molecule has 0 aromatic heterocycles. The molecule has 7 heteroatoms. The van der Waals surface area contributed by atoms with Crippen molar-refractivity contribution in [3.8, 4) is 12.3 Å². The third kappa shape index (κ3) is 5.59. The summed E-state index contributed by atoms with van der Waals surface area (Å²) in [5, 5.41) is 4.54. The zero-order chi connectivity index (χ0) is 32.0. The fraction of sp³-hybridized carbons (Fsp3) is 0.351. The predicted octanol–water partition coefficient (Wildman–Crippen LogP) is 5.13. The van der Waals surface area contributed by atoms with E-state index in [4.69, 9.17) is 25.0 Å². The van der Waals surface area contributed by atoms with Crippen LogP contribution in [0, 0.1) is 12.3 Å². The maximum absolute atomic E-state index is 6.47. The molecule has 0 aliphatic carbocycles. The molecule has 2 aliphatic rings. The van der Waals surface area contributed by atoms with E-state index >= 15 is 0 Å². The minimum atomic E-state index is -2.92. The number of benzene rings is 3. The van der Waals surface area contributed by atoms with Crippen molar-refractivity contribution >= 4 is 43.3 Å². The largest absolute Gasteiger partial charge is 0.494 e. The predicted molar refractivity (Wildman–Crippen MR) is 186 cm³/mol. The van der Waals surface area contributed by atoms with Crippen molar-refractivity contribution in [1.82, 2.24) is 0 Å². The third-order valence-corrected chi connectivity index (χ3v) is 14.7. The maximum atomic E-state index is 6.47. The van der Waals surface area contributed by atoms with Gasteiger partial charge in [-0.15, -0.1) is 6.42 Å². The first-order chi connectivity index (χ1) is 20.6. The fourth-order valence-electron chi connectivity index (χ4n) is 5.82. The summed E-state index contributed by atoms with van der Waals surface area (Å²) >= 11 is 0. The second-order valence-corrected chi connectivity index (χ2v) is 17.7. The van der Waals surface area contributed by atoms with Crippen LogP contribution in [-0.4, -0.2) is 44.7 Å². The van der Waals surface area contributed by atoms with Gasteiger partial charge in [-0.2, -0.15) is 0 Å². The average molecular weight is 602 g/mol. The SMILES string of the molecule is C#CC(=CC=C(C)B1OC(C)(C)C(C)(C)O1)[Si](c1ccccc1)(c1ccccc1)c1ccc(B2OC(C)(C)C(C)(C)O2)cc1.